The number of aryl methyl sites for hydroxylation is 2. The third-order valence-corrected chi connectivity index (χ3v) is 2.72. The van der Waals surface area contributed by atoms with Crippen molar-refractivity contribution in [3.63, 3.8) is 0 Å². The van der Waals surface area contributed by atoms with E-state index in [1.807, 2.05) is 0 Å². The highest BCUT2D eigenvalue weighted by molar-refractivity contribution is 9.10. The van der Waals surface area contributed by atoms with Crippen LogP contribution in [0, 0.1) is 6.92 Å². The highest BCUT2D eigenvalue weighted by Crippen LogP contribution is 2.17. The summed E-state index contributed by atoms with van der Waals surface area (Å²) in [7, 11) is 0. The number of thiol groups is 1. The fourth-order valence-electron chi connectivity index (χ4n) is 1.21. The summed E-state index contributed by atoms with van der Waals surface area (Å²) in [5.74, 6) is 0.968. The lowest BCUT2D eigenvalue weighted by atomic mass is 10.1. The number of rotatable bonds is 3. The monoisotopic (exact) mass is 244 g/mol. The summed E-state index contributed by atoms with van der Waals surface area (Å²) >= 11 is 7.65. The molecule has 1 aromatic carbocycles. The normalized spacial score (nSPS) is 10.2. The Balaban J connectivity index is 2.72. The largest absolute Gasteiger partial charge is 0.179 e. The Morgan fingerprint density at radius 3 is 2.75 bits per heavy atom. The van der Waals surface area contributed by atoms with E-state index in [2.05, 4.69) is 53.7 Å². The summed E-state index contributed by atoms with van der Waals surface area (Å²) < 4.78 is 1.16. The number of hydrogen-bond acceptors (Lipinski definition) is 1. The first-order chi connectivity index (χ1) is 5.74. The predicted molar refractivity (Wildman–Crippen MR) is 61.1 cm³/mol. The van der Waals surface area contributed by atoms with Crippen molar-refractivity contribution in [2.45, 2.75) is 19.8 Å². The molecule has 0 spiro atoms. The molecule has 12 heavy (non-hydrogen) atoms. The molecule has 0 amide bonds. The summed E-state index contributed by atoms with van der Waals surface area (Å²) in [6, 6.07) is 6.44. The molecule has 0 nitrogen and oxygen atoms in total. The first-order valence-corrected chi connectivity index (χ1v) is 5.52. The molecule has 1 rings (SSSR count). The molecular weight excluding hydrogens is 232 g/mol. The van der Waals surface area contributed by atoms with Gasteiger partial charge in [-0.25, -0.2) is 0 Å². The molecule has 0 aliphatic heterocycles. The van der Waals surface area contributed by atoms with Crippen molar-refractivity contribution in [2.75, 3.05) is 5.75 Å². The van der Waals surface area contributed by atoms with Crippen LogP contribution in [-0.2, 0) is 6.42 Å². The summed E-state index contributed by atoms with van der Waals surface area (Å²) in [6.45, 7) is 2.15. The van der Waals surface area contributed by atoms with E-state index in [1.165, 1.54) is 11.1 Å². The van der Waals surface area contributed by atoms with E-state index in [9.17, 15) is 0 Å². The molecule has 0 saturated heterocycles. The molecule has 0 aromatic heterocycles. The molecule has 0 saturated carbocycles. The van der Waals surface area contributed by atoms with Gasteiger partial charge >= 0.3 is 0 Å². The highest BCUT2D eigenvalue weighted by Gasteiger charge is 1.97. The first kappa shape index (κ1) is 10.1. The molecule has 0 atom stereocenters. The molecule has 0 aliphatic carbocycles. The summed E-state index contributed by atoms with van der Waals surface area (Å²) in [5, 5.41) is 0. The third kappa shape index (κ3) is 2.83. The SMILES string of the molecule is Cc1cc(Br)ccc1CCCS. The Bertz CT molecular complexity index is 258. The first-order valence-electron chi connectivity index (χ1n) is 4.10. The van der Waals surface area contributed by atoms with Crippen molar-refractivity contribution in [3.05, 3.63) is 33.8 Å². The van der Waals surface area contributed by atoms with Crippen LogP contribution in [0.4, 0.5) is 0 Å². The van der Waals surface area contributed by atoms with Crippen LogP contribution in [0.5, 0.6) is 0 Å². The van der Waals surface area contributed by atoms with E-state index >= 15 is 0 Å². The van der Waals surface area contributed by atoms with Gasteiger partial charge in [-0.05, 0) is 48.8 Å². The number of halogens is 1. The standard InChI is InChI=1S/C10H13BrS/c1-8-7-10(11)5-4-9(8)3-2-6-12/h4-5,7,12H,2-3,6H2,1H3. The summed E-state index contributed by atoms with van der Waals surface area (Å²) in [4.78, 5) is 0. The molecule has 0 aliphatic rings. The van der Waals surface area contributed by atoms with Gasteiger partial charge in [-0.2, -0.15) is 12.6 Å². The molecule has 0 N–H and O–H groups in total. The minimum atomic E-state index is 0.968. The van der Waals surface area contributed by atoms with Gasteiger partial charge in [-0.3, -0.25) is 0 Å². The smallest absolute Gasteiger partial charge is 0.0178 e. The number of hydrogen-bond donors (Lipinski definition) is 1. The molecule has 1 aromatic rings. The molecular formula is C10H13BrS. The molecule has 2 heteroatoms. The zero-order valence-corrected chi connectivity index (χ0v) is 9.66. The van der Waals surface area contributed by atoms with Crippen LogP contribution in [0.3, 0.4) is 0 Å². The second-order valence-corrected chi connectivity index (χ2v) is 4.26. The van der Waals surface area contributed by atoms with E-state index in [0.29, 0.717) is 0 Å². The van der Waals surface area contributed by atoms with Crippen LogP contribution in [0.15, 0.2) is 22.7 Å². The maximum Gasteiger partial charge on any atom is 0.0178 e. The minimum absolute atomic E-state index is 0.968. The lowest BCUT2D eigenvalue weighted by molar-refractivity contribution is 0.926. The van der Waals surface area contributed by atoms with Gasteiger partial charge in [0.05, 0.1) is 0 Å². The Hall–Kier alpha value is 0.0500. The van der Waals surface area contributed by atoms with E-state index in [-0.39, 0.29) is 0 Å². The van der Waals surface area contributed by atoms with Crippen molar-refractivity contribution >= 4 is 28.6 Å². The van der Waals surface area contributed by atoms with Gasteiger partial charge in [0.1, 0.15) is 0 Å². The minimum Gasteiger partial charge on any atom is -0.179 e. The van der Waals surface area contributed by atoms with E-state index in [0.717, 1.165) is 23.1 Å². The van der Waals surface area contributed by atoms with Crippen molar-refractivity contribution < 1.29 is 0 Å². The maximum atomic E-state index is 4.20. The van der Waals surface area contributed by atoms with Crippen LogP contribution in [0.25, 0.3) is 0 Å². The molecule has 0 fully saturated rings. The Morgan fingerprint density at radius 1 is 1.42 bits per heavy atom. The zero-order valence-electron chi connectivity index (χ0n) is 7.18. The van der Waals surface area contributed by atoms with Crippen molar-refractivity contribution in [1.82, 2.24) is 0 Å². The van der Waals surface area contributed by atoms with Gasteiger partial charge < -0.3 is 0 Å². The second-order valence-electron chi connectivity index (χ2n) is 2.90. The van der Waals surface area contributed by atoms with Gasteiger partial charge in [0.2, 0.25) is 0 Å². The quantitative estimate of drug-likeness (QED) is 0.772. The summed E-state index contributed by atoms with van der Waals surface area (Å²) in [6.07, 6.45) is 2.30. The average molecular weight is 245 g/mol. The fourth-order valence-corrected chi connectivity index (χ4v) is 1.84. The van der Waals surface area contributed by atoms with Crippen molar-refractivity contribution in [1.29, 1.82) is 0 Å². The van der Waals surface area contributed by atoms with Crippen LogP contribution in [0.1, 0.15) is 17.5 Å². The van der Waals surface area contributed by atoms with Crippen LogP contribution in [0.2, 0.25) is 0 Å². The van der Waals surface area contributed by atoms with Crippen molar-refractivity contribution in [2.24, 2.45) is 0 Å². The maximum absolute atomic E-state index is 4.20. The van der Waals surface area contributed by atoms with E-state index in [1.54, 1.807) is 0 Å². The molecule has 66 valence electrons. The third-order valence-electron chi connectivity index (χ3n) is 1.91. The highest BCUT2D eigenvalue weighted by atomic mass is 79.9. The van der Waals surface area contributed by atoms with Gasteiger partial charge in [0, 0.05) is 4.47 Å². The molecule has 0 radical (unpaired) electrons. The zero-order chi connectivity index (χ0) is 8.97. The Kier molecular flexibility index (Phi) is 4.16. The van der Waals surface area contributed by atoms with E-state index in [4.69, 9.17) is 0 Å². The Morgan fingerprint density at radius 2 is 2.17 bits per heavy atom. The predicted octanol–water partition coefficient (Wildman–Crippen LogP) is 3.62. The summed E-state index contributed by atoms with van der Waals surface area (Å²) in [5.41, 5.74) is 2.80. The number of benzene rings is 1. The molecule has 0 heterocycles. The van der Waals surface area contributed by atoms with Crippen LogP contribution < -0.4 is 0 Å². The molecule has 0 bridgehead atoms. The average Bonchev–Trinajstić information content (AvgIpc) is 2.03. The second kappa shape index (κ2) is 4.93. The van der Waals surface area contributed by atoms with Crippen LogP contribution in [-0.4, -0.2) is 5.75 Å². The fraction of sp³-hybridized carbons (Fsp3) is 0.400. The van der Waals surface area contributed by atoms with Gasteiger partial charge in [-0.1, -0.05) is 22.0 Å². The van der Waals surface area contributed by atoms with Gasteiger partial charge in [-0.15, -0.1) is 0 Å². The topological polar surface area (TPSA) is 0 Å². The molecule has 0 unspecified atom stereocenters. The lowest BCUT2D eigenvalue weighted by Crippen LogP contribution is -1.90. The van der Waals surface area contributed by atoms with Gasteiger partial charge in [0.15, 0.2) is 0 Å². The van der Waals surface area contributed by atoms with E-state index < -0.39 is 0 Å². The lowest BCUT2D eigenvalue weighted by Gasteiger charge is -2.04. The van der Waals surface area contributed by atoms with Crippen molar-refractivity contribution in [3.8, 4) is 0 Å². The van der Waals surface area contributed by atoms with Crippen LogP contribution >= 0.6 is 28.6 Å². The Labute approximate surface area is 87.9 Å². The van der Waals surface area contributed by atoms with Gasteiger partial charge in [0.25, 0.3) is 0 Å².